The molecule has 4 heteroatoms. The Balaban J connectivity index is 3.13. The van der Waals surface area contributed by atoms with Gasteiger partial charge in [-0.05, 0) is 12.1 Å². The Bertz CT molecular complexity index is 394. The minimum atomic E-state index is 0.0577. The van der Waals surface area contributed by atoms with Gasteiger partial charge in [0.05, 0.1) is 10.6 Å². The fourth-order valence-corrected chi connectivity index (χ4v) is 1.50. The maximum absolute atomic E-state index is 10.6. The van der Waals surface area contributed by atoms with E-state index in [0.29, 0.717) is 11.3 Å². The summed E-state index contributed by atoms with van der Waals surface area (Å²) in [5.74, 6) is 2.55. The molecule has 0 radical (unpaired) electrons. The van der Waals surface area contributed by atoms with Gasteiger partial charge in [-0.25, -0.2) is 0 Å². The highest BCUT2D eigenvalue weighted by Crippen LogP contribution is 2.31. The van der Waals surface area contributed by atoms with Crippen molar-refractivity contribution in [3.05, 3.63) is 27.7 Å². The van der Waals surface area contributed by atoms with Crippen molar-refractivity contribution >= 4 is 29.5 Å². The monoisotopic (exact) mass is 228 g/mol. The Hall–Kier alpha value is -1.17. The summed E-state index contributed by atoms with van der Waals surface area (Å²) in [7, 11) is 0. The van der Waals surface area contributed by atoms with Gasteiger partial charge in [0.2, 0.25) is 0 Å². The highest BCUT2D eigenvalue weighted by molar-refractivity contribution is 6.36. The van der Waals surface area contributed by atoms with E-state index in [0.717, 1.165) is 0 Å². The van der Waals surface area contributed by atoms with E-state index in [4.69, 9.17) is 34.4 Å². The topological polar surface area (TPSA) is 26.3 Å². The molecule has 0 bridgehead atoms. The largest absolute Gasteiger partial charge is 0.479 e. The van der Waals surface area contributed by atoms with Crippen molar-refractivity contribution in [2.75, 3.05) is 6.61 Å². The fraction of sp³-hybridized carbons (Fsp3) is 0.100. The minimum absolute atomic E-state index is 0.0577. The van der Waals surface area contributed by atoms with E-state index in [2.05, 4.69) is 5.92 Å². The fourth-order valence-electron chi connectivity index (χ4n) is 0.934. The molecule has 0 N–H and O–H groups in total. The molecule has 72 valence electrons. The minimum Gasteiger partial charge on any atom is -0.479 e. The Morgan fingerprint density at radius 1 is 1.50 bits per heavy atom. The SMILES string of the molecule is C#CCOc1c(Cl)cc(Cl)cc1C=O. The average molecular weight is 229 g/mol. The average Bonchev–Trinajstić information content (AvgIpc) is 2.15. The molecule has 0 amide bonds. The summed E-state index contributed by atoms with van der Waals surface area (Å²) in [5, 5.41) is 0.653. The maximum Gasteiger partial charge on any atom is 0.153 e. The van der Waals surface area contributed by atoms with E-state index in [1.54, 1.807) is 0 Å². The molecule has 14 heavy (non-hydrogen) atoms. The molecule has 1 aromatic carbocycles. The van der Waals surface area contributed by atoms with Crippen molar-refractivity contribution in [2.45, 2.75) is 0 Å². The van der Waals surface area contributed by atoms with Crippen molar-refractivity contribution in [1.82, 2.24) is 0 Å². The first-order chi connectivity index (χ1) is 6.69. The van der Waals surface area contributed by atoms with Crippen LogP contribution in [-0.2, 0) is 0 Å². The van der Waals surface area contributed by atoms with Crippen LogP contribution in [0.15, 0.2) is 12.1 Å². The van der Waals surface area contributed by atoms with E-state index in [9.17, 15) is 4.79 Å². The first-order valence-electron chi connectivity index (χ1n) is 3.69. The summed E-state index contributed by atoms with van der Waals surface area (Å²) in [6.07, 6.45) is 5.63. The highest BCUT2D eigenvalue weighted by atomic mass is 35.5. The number of rotatable bonds is 3. The Morgan fingerprint density at radius 3 is 2.79 bits per heavy atom. The van der Waals surface area contributed by atoms with Crippen LogP contribution in [-0.4, -0.2) is 12.9 Å². The third kappa shape index (κ3) is 2.41. The van der Waals surface area contributed by atoms with Crippen LogP contribution >= 0.6 is 23.2 Å². The standard InChI is InChI=1S/C10H6Cl2O2/c1-2-3-14-10-7(6-13)4-8(11)5-9(10)12/h1,4-6H,3H2. The second kappa shape index (κ2) is 4.90. The van der Waals surface area contributed by atoms with Gasteiger partial charge in [0.1, 0.15) is 12.4 Å². The molecule has 0 heterocycles. The van der Waals surface area contributed by atoms with Gasteiger partial charge in [-0.3, -0.25) is 4.79 Å². The normalized spacial score (nSPS) is 9.21. The quantitative estimate of drug-likeness (QED) is 0.588. The van der Waals surface area contributed by atoms with Crippen LogP contribution in [0.4, 0.5) is 0 Å². The molecule has 0 atom stereocenters. The van der Waals surface area contributed by atoms with Crippen molar-refractivity contribution in [3.8, 4) is 18.1 Å². The van der Waals surface area contributed by atoms with Crippen molar-refractivity contribution < 1.29 is 9.53 Å². The van der Waals surface area contributed by atoms with E-state index in [1.165, 1.54) is 12.1 Å². The zero-order valence-electron chi connectivity index (χ0n) is 7.09. The van der Waals surface area contributed by atoms with Gasteiger partial charge in [-0.1, -0.05) is 29.1 Å². The van der Waals surface area contributed by atoms with Gasteiger partial charge in [0.25, 0.3) is 0 Å². The number of aldehydes is 1. The number of ether oxygens (including phenoxy) is 1. The molecule has 0 aliphatic carbocycles. The number of terminal acetylenes is 1. The van der Waals surface area contributed by atoms with Crippen molar-refractivity contribution in [3.63, 3.8) is 0 Å². The van der Waals surface area contributed by atoms with Crippen LogP contribution in [0.1, 0.15) is 10.4 Å². The highest BCUT2D eigenvalue weighted by Gasteiger charge is 2.09. The van der Waals surface area contributed by atoms with Crippen LogP contribution in [0.2, 0.25) is 10.0 Å². The van der Waals surface area contributed by atoms with Crippen molar-refractivity contribution in [1.29, 1.82) is 0 Å². The van der Waals surface area contributed by atoms with Gasteiger partial charge >= 0.3 is 0 Å². The zero-order valence-corrected chi connectivity index (χ0v) is 8.60. The van der Waals surface area contributed by atoms with Gasteiger partial charge in [0.15, 0.2) is 6.29 Å². The van der Waals surface area contributed by atoms with E-state index in [1.807, 2.05) is 0 Å². The van der Waals surface area contributed by atoms with E-state index >= 15 is 0 Å². The Kier molecular flexibility index (Phi) is 3.82. The number of hydrogen-bond donors (Lipinski definition) is 0. The summed E-state index contributed by atoms with van der Waals surface area (Å²) in [6, 6.07) is 2.95. The molecule has 0 spiro atoms. The van der Waals surface area contributed by atoms with Gasteiger partial charge in [-0.15, -0.1) is 6.42 Å². The van der Waals surface area contributed by atoms with E-state index in [-0.39, 0.29) is 22.9 Å². The molecule has 0 fully saturated rings. The van der Waals surface area contributed by atoms with Crippen LogP contribution in [0.5, 0.6) is 5.75 Å². The molecule has 1 rings (SSSR count). The molecule has 0 saturated carbocycles. The Labute approximate surface area is 91.8 Å². The first kappa shape index (κ1) is 10.9. The molecule has 0 saturated heterocycles. The van der Waals surface area contributed by atoms with Crippen LogP contribution in [0.25, 0.3) is 0 Å². The summed E-state index contributed by atoms with van der Waals surface area (Å²) in [4.78, 5) is 10.6. The van der Waals surface area contributed by atoms with Gasteiger partial charge in [-0.2, -0.15) is 0 Å². The smallest absolute Gasteiger partial charge is 0.153 e. The lowest BCUT2D eigenvalue weighted by molar-refractivity contribution is 0.112. The van der Waals surface area contributed by atoms with Crippen LogP contribution < -0.4 is 4.74 Å². The predicted molar refractivity (Wildman–Crippen MR) is 56.2 cm³/mol. The summed E-state index contributed by atoms with van der Waals surface area (Å²) in [6.45, 7) is 0.0577. The first-order valence-corrected chi connectivity index (χ1v) is 4.45. The molecule has 0 unspecified atom stereocenters. The Morgan fingerprint density at radius 2 is 2.21 bits per heavy atom. The van der Waals surface area contributed by atoms with Crippen LogP contribution in [0, 0.1) is 12.3 Å². The lowest BCUT2D eigenvalue weighted by Gasteiger charge is -2.07. The number of carbonyl (C=O) groups is 1. The van der Waals surface area contributed by atoms with Crippen molar-refractivity contribution in [2.24, 2.45) is 0 Å². The summed E-state index contributed by atoms with van der Waals surface area (Å²) >= 11 is 11.5. The molecule has 2 nitrogen and oxygen atoms in total. The lowest BCUT2D eigenvalue weighted by atomic mass is 10.2. The number of carbonyl (C=O) groups excluding carboxylic acids is 1. The second-order valence-corrected chi connectivity index (χ2v) is 3.26. The lowest BCUT2D eigenvalue weighted by Crippen LogP contribution is -1.98. The molecular weight excluding hydrogens is 223 g/mol. The molecule has 0 aliphatic rings. The van der Waals surface area contributed by atoms with E-state index < -0.39 is 0 Å². The second-order valence-electron chi connectivity index (χ2n) is 2.42. The third-order valence-electron chi connectivity index (χ3n) is 1.46. The maximum atomic E-state index is 10.6. The number of benzene rings is 1. The summed E-state index contributed by atoms with van der Waals surface area (Å²) < 4.78 is 5.11. The predicted octanol–water partition coefficient (Wildman–Crippen LogP) is 2.82. The zero-order chi connectivity index (χ0) is 10.6. The molecular formula is C10H6Cl2O2. The molecule has 0 aromatic heterocycles. The van der Waals surface area contributed by atoms with Gasteiger partial charge < -0.3 is 4.74 Å². The number of hydrogen-bond acceptors (Lipinski definition) is 2. The molecule has 1 aromatic rings. The third-order valence-corrected chi connectivity index (χ3v) is 1.96. The number of halogens is 2. The molecule has 0 aliphatic heterocycles. The van der Waals surface area contributed by atoms with Crippen LogP contribution in [0.3, 0.4) is 0 Å². The summed E-state index contributed by atoms with van der Waals surface area (Å²) in [5.41, 5.74) is 0.290. The van der Waals surface area contributed by atoms with Gasteiger partial charge in [0, 0.05) is 5.02 Å².